The summed E-state index contributed by atoms with van der Waals surface area (Å²) in [6.07, 6.45) is 1.94. The predicted molar refractivity (Wildman–Crippen MR) is 70.0 cm³/mol. The molecule has 3 atom stereocenters. The summed E-state index contributed by atoms with van der Waals surface area (Å²) < 4.78 is 0. The van der Waals surface area contributed by atoms with Gasteiger partial charge in [0.05, 0.1) is 11.7 Å². The number of hydrogen-bond donors (Lipinski definition) is 2. The third-order valence-electron chi connectivity index (χ3n) is 4.09. The molecular weight excluding hydrogens is 228 g/mol. The second-order valence-electron chi connectivity index (χ2n) is 6.15. The second kappa shape index (κ2) is 4.32. The zero-order chi connectivity index (χ0) is 13.7. The Labute approximate surface area is 108 Å². The molecule has 3 nitrogen and oxygen atoms in total. The molecule has 0 bridgehead atoms. The van der Waals surface area contributed by atoms with Crippen molar-refractivity contribution in [1.82, 2.24) is 0 Å². The van der Waals surface area contributed by atoms with E-state index in [1.54, 1.807) is 6.92 Å². The van der Waals surface area contributed by atoms with E-state index in [-0.39, 0.29) is 24.0 Å². The fraction of sp³-hybridized carbons (Fsp3) is 0.667. The van der Waals surface area contributed by atoms with E-state index >= 15 is 0 Å². The maximum atomic E-state index is 12.0. The van der Waals surface area contributed by atoms with Gasteiger partial charge in [-0.2, -0.15) is 0 Å². The van der Waals surface area contributed by atoms with Crippen LogP contribution in [0.1, 0.15) is 40.5 Å². The van der Waals surface area contributed by atoms with E-state index in [0.717, 1.165) is 11.1 Å². The summed E-state index contributed by atoms with van der Waals surface area (Å²) >= 11 is 0. The number of rotatable bonds is 1. The minimum absolute atomic E-state index is 0.0240. The Morgan fingerprint density at radius 3 is 2.61 bits per heavy atom. The number of aliphatic hydroxyl groups is 2. The minimum atomic E-state index is -1.22. The average molecular weight is 250 g/mol. The Bertz CT molecular complexity index is 441. The number of allylic oxidation sites excluding steroid dienone is 2. The van der Waals surface area contributed by atoms with Crippen LogP contribution in [0.15, 0.2) is 22.8 Å². The maximum Gasteiger partial charge on any atom is 0.162 e. The number of ketones is 1. The lowest BCUT2D eigenvalue weighted by atomic mass is 9.86. The van der Waals surface area contributed by atoms with Crippen molar-refractivity contribution >= 4 is 5.78 Å². The zero-order valence-electron chi connectivity index (χ0n) is 11.5. The van der Waals surface area contributed by atoms with E-state index in [0.29, 0.717) is 12.0 Å². The van der Waals surface area contributed by atoms with Crippen LogP contribution in [-0.2, 0) is 4.79 Å². The summed E-state index contributed by atoms with van der Waals surface area (Å²) in [5.41, 5.74) is 1.14. The molecule has 0 unspecified atom stereocenters. The van der Waals surface area contributed by atoms with Gasteiger partial charge in [0, 0.05) is 18.4 Å². The molecule has 0 saturated heterocycles. The molecule has 0 heterocycles. The van der Waals surface area contributed by atoms with Crippen LogP contribution < -0.4 is 0 Å². The third kappa shape index (κ3) is 2.06. The van der Waals surface area contributed by atoms with Crippen molar-refractivity contribution < 1.29 is 15.0 Å². The van der Waals surface area contributed by atoms with Gasteiger partial charge in [0.1, 0.15) is 0 Å². The summed E-state index contributed by atoms with van der Waals surface area (Å²) in [7, 11) is 0. The van der Waals surface area contributed by atoms with Crippen LogP contribution in [0.3, 0.4) is 0 Å². The zero-order valence-corrected chi connectivity index (χ0v) is 11.5. The Morgan fingerprint density at radius 2 is 2.06 bits per heavy atom. The molecule has 3 heteroatoms. The molecule has 0 aromatic carbocycles. The summed E-state index contributed by atoms with van der Waals surface area (Å²) in [6.45, 7) is 7.69. The van der Waals surface area contributed by atoms with Crippen molar-refractivity contribution in [2.24, 2.45) is 11.8 Å². The third-order valence-corrected chi connectivity index (χ3v) is 4.09. The van der Waals surface area contributed by atoms with Gasteiger partial charge in [0.25, 0.3) is 0 Å². The molecule has 0 aromatic heterocycles. The SMILES string of the molecule is CC(C)C1=CC2=C(C(=O)C[C@H]2C)[C@@](C)(O)C[C@H]1O. The first-order chi connectivity index (χ1) is 8.24. The highest BCUT2D eigenvalue weighted by Gasteiger charge is 2.43. The van der Waals surface area contributed by atoms with Gasteiger partial charge < -0.3 is 10.2 Å². The van der Waals surface area contributed by atoms with Crippen molar-refractivity contribution in [3.8, 4) is 0 Å². The van der Waals surface area contributed by atoms with Crippen LogP contribution in [0, 0.1) is 11.8 Å². The molecule has 0 aromatic rings. The minimum Gasteiger partial charge on any atom is -0.389 e. The molecular formula is C15H22O3. The van der Waals surface area contributed by atoms with Gasteiger partial charge >= 0.3 is 0 Å². The predicted octanol–water partition coefficient (Wildman–Crippen LogP) is 1.99. The lowest BCUT2D eigenvalue weighted by Crippen LogP contribution is -2.34. The molecule has 0 amide bonds. The van der Waals surface area contributed by atoms with Gasteiger partial charge in [-0.25, -0.2) is 0 Å². The van der Waals surface area contributed by atoms with Crippen molar-refractivity contribution in [2.45, 2.75) is 52.2 Å². The number of aliphatic hydroxyl groups excluding tert-OH is 1. The van der Waals surface area contributed by atoms with Crippen LogP contribution in [0.25, 0.3) is 0 Å². The highest BCUT2D eigenvalue weighted by molar-refractivity contribution is 6.01. The Balaban J connectivity index is 2.57. The van der Waals surface area contributed by atoms with Crippen LogP contribution >= 0.6 is 0 Å². The van der Waals surface area contributed by atoms with E-state index in [4.69, 9.17) is 0 Å². The van der Waals surface area contributed by atoms with Crippen molar-refractivity contribution in [2.75, 3.05) is 0 Å². The fourth-order valence-electron chi connectivity index (χ4n) is 3.15. The average Bonchev–Trinajstić information content (AvgIpc) is 2.41. The standard InChI is InChI=1S/C15H22O3/c1-8(2)10-6-11-9(3)5-12(16)14(11)15(4,18)7-13(10)17/h6,8-9,13,17-18H,5,7H2,1-4H3/t9-,13-,15+/m1/s1. The summed E-state index contributed by atoms with van der Waals surface area (Å²) in [5, 5.41) is 20.7. The summed E-state index contributed by atoms with van der Waals surface area (Å²) in [5.74, 6) is 0.375. The van der Waals surface area contributed by atoms with Crippen LogP contribution in [0.4, 0.5) is 0 Å². The highest BCUT2D eigenvalue weighted by atomic mass is 16.3. The molecule has 18 heavy (non-hydrogen) atoms. The Kier molecular flexibility index (Phi) is 3.24. The van der Waals surface area contributed by atoms with Gasteiger partial charge in [0.15, 0.2) is 5.78 Å². The number of carbonyl (C=O) groups is 1. The Hall–Kier alpha value is -0.930. The quantitative estimate of drug-likeness (QED) is 0.748. The molecule has 0 radical (unpaired) electrons. The molecule has 0 saturated carbocycles. The van der Waals surface area contributed by atoms with Crippen LogP contribution in [0.2, 0.25) is 0 Å². The van der Waals surface area contributed by atoms with Crippen LogP contribution in [0.5, 0.6) is 0 Å². The fourth-order valence-corrected chi connectivity index (χ4v) is 3.15. The first-order valence-electron chi connectivity index (χ1n) is 6.63. The summed E-state index contributed by atoms with van der Waals surface area (Å²) in [6, 6.07) is 0. The van der Waals surface area contributed by atoms with E-state index in [1.807, 2.05) is 26.8 Å². The first-order valence-corrected chi connectivity index (χ1v) is 6.63. The maximum absolute atomic E-state index is 12.0. The van der Waals surface area contributed by atoms with E-state index in [2.05, 4.69) is 0 Å². The second-order valence-corrected chi connectivity index (χ2v) is 6.15. The topological polar surface area (TPSA) is 57.5 Å². The van der Waals surface area contributed by atoms with E-state index < -0.39 is 11.7 Å². The highest BCUT2D eigenvalue weighted by Crippen LogP contribution is 2.42. The first kappa shape index (κ1) is 13.5. The largest absolute Gasteiger partial charge is 0.389 e. The molecule has 2 aliphatic carbocycles. The molecule has 2 N–H and O–H groups in total. The van der Waals surface area contributed by atoms with E-state index in [1.165, 1.54) is 0 Å². The van der Waals surface area contributed by atoms with Crippen molar-refractivity contribution in [3.05, 3.63) is 22.8 Å². The number of carbonyl (C=O) groups excluding carboxylic acids is 1. The van der Waals surface area contributed by atoms with E-state index in [9.17, 15) is 15.0 Å². The molecule has 0 aliphatic heterocycles. The molecule has 2 aliphatic rings. The molecule has 2 rings (SSSR count). The molecule has 0 fully saturated rings. The van der Waals surface area contributed by atoms with Gasteiger partial charge in [0.2, 0.25) is 0 Å². The number of Topliss-reactive ketones (excluding diaryl/α,β-unsaturated/α-hetero) is 1. The van der Waals surface area contributed by atoms with Gasteiger partial charge in [-0.15, -0.1) is 0 Å². The lowest BCUT2D eigenvalue weighted by Gasteiger charge is -2.27. The lowest BCUT2D eigenvalue weighted by molar-refractivity contribution is -0.117. The monoisotopic (exact) mass is 250 g/mol. The van der Waals surface area contributed by atoms with Gasteiger partial charge in [-0.1, -0.05) is 26.8 Å². The van der Waals surface area contributed by atoms with Gasteiger partial charge in [-0.3, -0.25) is 4.79 Å². The summed E-state index contributed by atoms with van der Waals surface area (Å²) in [4.78, 5) is 12.0. The van der Waals surface area contributed by atoms with Crippen LogP contribution in [-0.4, -0.2) is 27.7 Å². The molecule has 0 spiro atoms. The Morgan fingerprint density at radius 1 is 1.44 bits per heavy atom. The van der Waals surface area contributed by atoms with Crippen molar-refractivity contribution in [1.29, 1.82) is 0 Å². The smallest absolute Gasteiger partial charge is 0.162 e. The molecule has 100 valence electrons. The number of hydrogen-bond acceptors (Lipinski definition) is 3. The normalized spacial score (nSPS) is 36.8. The van der Waals surface area contributed by atoms with Crippen molar-refractivity contribution in [3.63, 3.8) is 0 Å². The van der Waals surface area contributed by atoms with Gasteiger partial charge in [-0.05, 0) is 29.9 Å².